The zero-order chi connectivity index (χ0) is 17.4. The second-order valence-electron chi connectivity index (χ2n) is 6.36. The molecule has 1 unspecified atom stereocenters. The maximum Gasteiger partial charge on any atom is 0.251 e. The average Bonchev–Trinajstić information content (AvgIpc) is 3.10. The topological polar surface area (TPSA) is 38.8 Å². The molecule has 2 rings (SSSR count). The molecule has 5 heteroatoms. The van der Waals surface area contributed by atoms with Gasteiger partial charge >= 0.3 is 0 Å². The van der Waals surface area contributed by atoms with Gasteiger partial charge < -0.3 is 14.4 Å². The molecular formula is C19H28FNO3. The summed E-state index contributed by atoms with van der Waals surface area (Å²) in [6.45, 7) is 3.09. The van der Waals surface area contributed by atoms with Gasteiger partial charge in [0, 0.05) is 13.6 Å². The molecule has 1 atom stereocenters. The van der Waals surface area contributed by atoms with E-state index in [1.165, 1.54) is 25.0 Å². The van der Waals surface area contributed by atoms with Crippen LogP contribution in [0.15, 0.2) is 24.3 Å². The summed E-state index contributed by atoms with van der Waals surface area (Å²) >= 11 is 0. The zero-order valence-electron chi connectivity index (χ0n) is 14.7. The van der Waals surface area contributed by atoms with Crippen molar-refractivity contribution in [2.24, 2.45) is 0 Å². The van der Waals surface area contributed by atoms with E-state index in [-0.39, 0.29) is 23.9 Å². The van der Waals surface area contributed by atoms with Gasteiger partial charge in [0.15, 0.2) is 0 Å². The quantitative estimate of drug-likeness (QED) is 0.644. The standard InChI is InChI=1S/C19H28FNO3/c1-3-18(24-17-7-4-5-8-17)19(22)21(2)13-6-14-23-16-11-9-15(20)10-12-16/h9-12,17-18H,3-8,13-14H2,1-2H3. The fraction of sp³-hybridized carbons (Fsp3) is 0.632. The lowest BCUT2D eigenvalue weighted by atomic mass is 10.2. The van der Waals surface area contributed by atoms with E-state index in [4.69, 9.17) is 9.47 Å². The van der Waals surface area contributed by atoms with E-state index in [2.05, 4.69) is 0 Å². The summed E-state index contributed by atoms with van der Waals surface area (Å²) in [5.74, 6) is 0.410. The van der Waals surface area contributed by atoms with E-state index in [1.807, 2.05) is 6.92 Å². The number of carbonyl (C=O) groups excluding carboxylic acids is 1. The van der Waals surface area contributed by atoms with E-state index in [1.54, 1.807) is 24.1 Å². The van der Waals surface area contributed by atoms with Crippen molar-refractivity contribution < 1.29 is 18.7 Å². The van der Waals surface area contributed by atoms with Crippen LogP contribution in [-0.4, -0.2) is 43.2 Å². The molecule has 1 aliphatic rings. The number of halogens is 1. The fourth-order valence-corrected chi connectivity index (χ4v) is 2.96. The molecule has 1 saturated carbocycles. The number of hydrogen-bond donors (Lipinski definition) is 0. The summed E-state index contributed by atoms with van der Waals surface area (Å²) in [5.41, 5.74) is 0. The third kappa shape index (κ3) is 5.78. The first-order valence-electron chi connectivity index (χ1n) is 8.89. The monoisotopic (exact) mass is 337 g/mol. The molecule has 24 heavy (non-hydrogen) atoms. The third-order valence-electron chi connectivity index (χ3n) is 4.40. The Morgan fingerprint density at radius 2 is 1.96 bits per heavy atom. The predicted molar refractivity (Wildman–Crippen MR) is 91.6 cm³/mol. The van der Waals surface area contributed by atoms with Gasteiger partial charge in [-0.2, -0.15) is 0 Å². The Kier molecular flexibility index (Phi) is 7.50. The summed E-state index contributed by atoms with van der Waals surface area (Å²) in [6.07, 6.45) is 5.87. The van der Waals surface area contributed by atoms with Crippen LogP contribution in [-0.2, 0) is 9.53 Å². The molecule has 1 aromatic carbocycles. The molecule has 0 N–H and O–H groups in total. The minimum Gasteiger partial charge on any atom is -0.494 e. The summed E-state index contributed by atoms with van der Waals surface area (Å²) in [7, 11) is 1.81. The van der Waals surface area contributed by atoms with Crippen molar-refractivity contribution in [3.8, 4) is 5.75 Å². The van der Waals surface area contributed by atoms with Crippen molar-refractivity contribution in [1.82, 2.24) is 4.90 Å². The van der Waals surface area contributed by atoms with Crippen molar-refractivity contribution in [2.45, 2.75) is 57.7 Å². The van der Waals surface area contributed by atoms with Crippen LogP contribution in [0.5, 0.6) is 5.75 Å². The molecule has 1 aliphatic carbocycles. The highest BCUT2D eigenvalue weighted by Crippen LogP contribution is 2.23. The van der Waals surface area contributed by atoms with Crippen LogP contribution >= 0.6 is 0 Å². The van der Waals surface area contributed by atoms with Crippen LogP contribution in [0.25, 0.3) is 0 Å². The minimum absolute atomic E-state index is 0.0474. The molecule has 4 nitrogen and oxygen atoms in total. The number of rotatable bonds is 9. The molecule has 0 radical (unpaired) electrons. The summed E-state index contributed by atoms with van der Waals surface area (Å²) in [6, 6.07) is 5.95. The molecule has 0 saturated heterocycles. The lowest BCUT2D eigenvalue weighted by Crippen LogP contribution is -2.40. The zero-order valence-corrected chi connectivity index (χ0v) is 14.7. The Bertz CT molecular complexity index is 500. The number of nitrogens with zero attached hydrogens (tertiary/aromatic N) is 1. The van der Waals surface area contributed by atoms with Gasteiger partial charge in [0.1, 0.15) is 17.7 Å². The average molecular weight is 337 g/mol. The van der Waals surface area contributed by atoms with Crippen molar-refractivity contribution in [3.63, 3.8) is 0 Å². The Hall–Kier alpha value is -1.62. The second kappa shape index (κ2) is 9.62. The normalized spacial score (nSPS) is 16.1. The molecule has 0 spiro atoms. The summed E-state index contributed by atoms with van der Waals surface area (Å²) in [5, 5.41) is 0. The van der Waals surface area contributed by atoms with Gasteiger partial charge in [-0.25, -0.2) is 4.39 Å². The Morgan fingerprint density at radius 3 is 2.58 bits per heavy atom. The van der Waals surface area contributed by atoms with Crippen LogP contribution in [0.2, 0.25) is 0 Å². The molecule has 0 aromatic heterocycles. The van der Waals surface area contributed by atoms with E-state index >= 15 is 0 Å². The first kappa shape index (κ1) is 18.7. The predicted octanol–water partition coefficient (Wildman–Crippen LogP) is 3.79. The maximum absolute atomic E-state index is 12.8. The maximum atomic E-state index is 12.8. The third-order valence-corrected chi connectivity index (χ3v) is 4.40. The highest BCUT2D eigenvalue weighted by atomic mass is 19.1. The minimum atomic E-state index is -0.337. The fourth-order valence-electron chi connectivity index (χ4n) is 2.96. The van der Waals surface area contributed by atoms with Gasteiger partial charge in [0.05, 0.1) is 12.7 Å². The van der Waals surface area contributed by atoms with Crippen LogP contribution in [0, 0.1) is 5.82 Å². The molecule has 1 aromatic rings. The van der Waals surface area contributed by atoms with Gasteiger partial charge in [-0.05, 0) is 49.9 Å². The number of carbonyl (C=O) groups is 1. The Labute approximate surface area is 143 Å². The number of benzene rings is 1. The van der Waals surface area contributed by atoms with Crippen molar-refractivity contribution in [3.05, 3.63) is 30.1 Å². The van der Waals surface area contributed by atoms with Crippen molar-refractivity contribution in [1.29, 1.82) is 0 Å². The lowest BCUT2D eigenvalue weighted by Gasteiger charge is -2.25. The molecule has 0 heterocycles. The summed E-state index contributed by atoms with van der Waals surface area (Å²) in [4.78, 5) is 14.2. The number of amides is 1. The first-order chi connectivity index (χ1) is 11.6. The van der Waals surface area contributed by atoms with Gasteiger partial charge in [-0.15, -0.1) is 0 Å². The molecular weight excluding hydrogens is 309 g/mol. The first-order valence-corrected chi connectivity index (χ1v) is 8.89. The number of hydrogen-bond acceptors (Lipinski definition) is 3. The Balaban J connectivity index is 1.68. The molecule has 1 amide bonds. The number of ether oxygens (including phenoxy) is 2. The van der Waals surface area contributed by atoms with E-state index in [9.17, 15) is 9.18 Å². The van der Waals surface area contributed by atoms with Crippen LogP contribution < -0.4 is 4.74 Å². The lowest BCUT2D eigenvalue weighted by molar-refractivity contribution is -0.146. The molecule has 1 fully saturated rings. The second-order valence-corrected chi connectivity index (χ2v) is 6.36. The van der Waals surface area contributed by atoms with Crippen molar-refractivity contribution in [2.75, 3.05) is 20.2 Å². The molecule has 0 aliphatic heterocycles. The summed E-state index contributed by atoms with van der Waals surface area (Å²) < 4.78 is 24.3. The van der Waals surface area contributed by atoms with E-state index in [0.29, 0.717) is 25.3 Å². The largest absolute Gasteiger partial charge is 0.494 e. The van der Waals surface area contributed by atoms with Crippen molar-refractivity contribution >= 4 is 5.91 Å². The number of likely N-dealkylation sites (N-methyl/N-ethyl adjacent to an activating group) is 1. The van der Waals surface area contributed by atoms with Crippen LogP contribution in [0.1, 0.15) is 45.4 Å². The SMILES string of the molecule is CCC(OC1CCCC1)C(=O)N(C)CCCOc1ccc(F)cc1. The smallest absolute Gasteiger partial charge is 0.251 e. The van der Waals surface area contributed by atoms with Gasteiger partial charge in [-0.3, -0.25) is 4.79 Å². The molecule has 0 bridgehead atoms. The molecule has 134 valence electrons. The van der Waals surface area contributed by atoms with Crippen LogP contribution in [0.4, 0.5) is 4.39 Å². The highest BCUT2D eigenvalue weighted by Gasteiger charge is 2.26. The van der Waals surface area contributed by atoms with Crippen LogP contribution in [0.3, 0.4) is 0 Å². The Morgan fingerprint density at radius 1 is 1.29 bits per heavy atom. The van der Waals surface area contributed by atoms with E-state index < -0.39 is 0 Å². The highest BCUT2D eigenvalue weighted by molar-refractivity contribution is 5.80. The van der Waals surface area contributed by atoms with Gasteiger partial charge in [0.25, 0.3) is 5.91 Å². The van der Waals surface area contributed by atoms with E-state index in [0.717, 1.165) is 19.3 Å². The van der Waals surface area contributed by atoms with Gasteiger partial charge in [0.2, 0.25) is 0 Å². The van der Waals surface area contributed by atoms with Gasteiger partial charge in [-0.1, -0.05) is 19.8 Å².